The van der Waals surface area contributed by atoms with Gasteiger partial charge in [-0.1, -0.05) is 6.07 Å². The van der Waals surface area contributed by atoms with E-state index >= 15 is 0 Å². The first-order valence-electron chi connectivity index (χ1n) is 9.22. The number of hydrogen-bond acceptors (Lipinski definition) is 6. The summed E-state index contributed by atoms with van der Waals surface area (Å²) in [7, 11) is 0. The minimum Gasteiger partial charge on any atom is -0.480 e. The van der Waals surface area contributed by atoms with Crippen LogP contribution < -0.4 is 0 Å². The second-order valence-electron chi connectivity index (χ2n) is 7.34. The zero-order valence-corrected chi connectivity index (χ0v) is 19.6. The quantitative estimate of drug-likeness (QED) is 0.280. The van der Waals surface area contributed by atoms with Crippen molar-refractivity contribution in [3.63, 3.8) is 0 Å². The fourth-order valence-corrected chi connectivity index (χ4v) is 5.23. The highest BCUT2D eigenvalue weighted by atomic mass is 32.2. The summed E-state index contributed by atoms with van der Waals surface area (Å²) in [5.41, 5.74) is -0.190. The van der Waals surface area contributed by atoms with Gasteiger partial charge in [0, 0.05) is 15.4 Å². The molecule has 0 saturated carbocycles. The van der Waals surface area contributed by atoms with Crippen LogP contribution in [-0.4, -0.2) is 25.2 Å². The second-order valence-corrected chi connectivity index (χ2v) is 10.9. The number of halogens is 4. The van der Waals surface area contributed by atoms with Gasteiger partial charge in [0.05, 0.1) is 11.3 Å². The van der Waals surface area contributed by atoms with Gasteiger partial charge in [-0.05, 0) is 68.2 Å². The number of aryl methyl sites for hydroxylation is 1. The van der Waals surface area contributed by atoms with Crippen molar-refractivity contribution in [1.29, 1.82) is 0 Å². The average molecular weight is 503 g/mol. The molecule has 0 fully saturated rings. The molecule has 3 rings (SSSR count). The standard InChI is InChI=1S/C21H18F4N2O2S3/c1-11-8-13(5-7-16(11)31-20(2,3)19(28)29)30-10-17-26-18(27-32-17)12-4-6-14(15(22)9-12)21(23,24)25/h4-9H,10H2,1-3H3,(H,28,29). The highest BCUT2D eigenvalue weighted by molar-refractivity contribution is 8.01. The molecule has 0 amide bonds. The van der Waals surface area contributed by atoms with Gasteiger partial charge in [-0.15, -0.1) is 23.5 Å². The number of benzene rings is 2. The lowest BCUT2D eigenvalue weighted by atomic mass is 10.1. The van der Waals surface area contributed by atoms with E-state index in [1.54, 1.807) is 13.8 Å². The van der Waals surface area contributed by atoms with Crippen LogP contribution in [0.5, 0.6) is 0 Å². The van der Waals surface area contributed by atoms with Crippen LogP contribution in [0.4, 0.5) is 17.6 Å². The Morgan fingerprint density at radius 1 is 1.16 bits per heavy atom. The Morgan fingerprint density at radius 3 is 2.47 bits per heavy atom. The molecule has 0 unspecified atom stereocenters. The van der Waals surface area contributed by atoms with Gasteiger partial charge in [0.25, 0.3) is 0 Å². The Hall–Kier alpha value is -2.11. The summed E-state index contributed by atoms with van der Waals surface area (Å²) < 4.78 is 55.2. The van der Waals surface area contributed by atoms with E-state index in [-0.39, 0.29) is 11.4 Å². The molecule has 0 radical (unpaired) electrons. The molecule has 11 heteroatoms. The molecular weight excluding hydrogens is 484 g/mol. The summed E-state index contributed by atoms with van der Waals surface area (Å²) in [5, 5.41) is 9.95. The summed E-state index contributed by atoms with van der Waals surface area (Å²) in [6, 6.07) is 8.37. The smallest absolute Gasteiger partial charge is 0.419 e. The Kier molecular flexibility index (Phi) is 7.21. The Morgan fingerprint density at radius 2 is 1.88 bits per heavy atom. The van der Waals surface area contributed by atoms with Crippen LogP contribution >= 0.6 is 35.1 Å². The molecule has 1 N–H and O–H groups in total. The fourth-order valence-electron chi connectivity index (χ4n) is 2.60. The normalized spacial score (nSPS) is 12.2. The van der Waals surface area contributed by atoms with E-state index in [0.717, 1.165) is 39.0 Å². The monoisotopic (exact) mass is 502 g/mol. The third-order valence-corrected chi connectivity index (χ3v) is 7.65. The number of hydrogen-bond donors (Lipinski definition) is 1. The van der Waals surface area contributed by atoms with Gasteiger partial charge < -0.3 is 5.11 Å². The first-order valence-corrected chi connectivity index (χ1v) is 11.8. The first-order chi connectivity index (χ1) is 14.9. The lowest BCUT2D eigenvalue weighted by molar-refractivity contribution is -0.140. The highest BCUT2D eigenvalue weighted by Crippen LogP contribution is 2.37. The van der Waals surface area contributed by atoms with E-state index in [1.165, 1.54) is 23.5 Å². The molecule has 170 valence electrons. The number of carbonyl (C=O) groups is 1. The lowest BCUT2D eigenvalue weighted by Crippen LogP contribution is -2.27. The van der Waals surface area contributed by atoms with Crippen LogP contribution in [0.1, 0.15) is 30.0 Å². The lowest BCUT2D eigenvalue weighted by Gasteiger charge is -2.19. The molecule has 3 aromatic rings. The Labute approximate surface area is 194 Å². The molecule has 2 aromatic carbocycles. The topological polar surface area (TPSA) is 63.1 Å². The van der Waals surface area contributed by atoms with Crippen molar-refractivity contribution in [1.82, 2.24) is 9.36 Å². The second kappa shape index (κ2) is 9.40. The number of thioether (sulfide) groups is 2. The predicted octanol–water partition coefficient (Wildman–Crippen LogP) is 6.92. The van der Waals surface area contributed by atoms with Gasteiger partial charge in [-0.2, -0.15) is 17.5 Å². The summed E-state index contributed by atoms with van der Waals surface area (Å²) in [6.07, 6.45) is -4.75. The number of nitrogens with zero attached hydrogens (tertiary/aromatic N) is 2. The van der Waals surface area contributed by atoms with Crippen molar-refractivity contribution >= 4 is 41.0 Å². The molecule has 4 nitrogen and oxygen atoms in total. The number of carboxylic acids is 1. The zero-order valence-electron chi connectivity index (χ0n) is 17.2. The molecule has 0 atom stereocenters. The molecule has 0 aliphatic rings. The van der Waals surface area contributed by atoms with Crippen molar-refractivity contribution in [2.24, 2.45) is 0 Å². The van der Waals surface area contributed by atoms with Gasteiger partial charge in [-0.25, -0.2) is 9.37 Å². The summed E-state index contributed by atoms with van der Waals surface area (Å²) >= 11 is 3.88. The van der Waals surface area contributed by atoms with Crippen molar-refractivity contribution in [3.8, 4) is 11.4 Å². The molecule has 0 aliphatic carbocycles. The molecule has 1 heterocycles. The maximum absolute atomic E-state index is 13.8. The van der Waals surface area contributed by atoms with Crippen molar-refractivity contribution in [2.75, 3.05) is 0 Å². The Bertz CT molecular complexity index is 1150. The van der Waals surface area contributed by atoms with Crippen molar-refractivity contribution < 1.29 is 27.5 Å². The van der Waals surface area contributed by atoms with Crippen LogP contribution in [0.15, 0.2) is 46.2 Å². The molecule has 0 aliphatic heterocycles. The number of rotatable bonds is 7. The predicted molar refractivity (Wildman–Crippen MR) is 119 cm³/mol. The summed E-state index contributed by atoms with van der Waals surface area (Å²) in [5.74, 6) is -1.59. The zero-order chi connectivity index (χ0) is 23.7. The SMILES string of the molecule is Cc1cc(SCc2nc(-c3ccc(C(F)(F)F)c(F)c3)ns2)ccc1SC(C)(C)C(=O)O. The van der Waals surface area contributed by atoms with Crippen LogP contribution in [0, 0.1) is 12.7 Å². The van der Waals surface area contributed by atoms with Gasteiger partial charge in [0.1, 0.15) is 15.6 Å². The van der Waals surface area contributed by atoms with Gasteiger partial charge >= 0.3 is 12.1 Å². The van der Waals surface area contributed by atoms with E-state index in [9.17, 15) is 27.5 Å². The van der Waals surface area contributed by atoms with Crippen LogP contribution in [-0.2, 0) is 16.7 Å². The summed E-state index contributed by atoms with van der Waals surface area (Å²) in [6.45, 7) is 5.21. The van der Waals surface area contributed by atoms with Crippen LogP contribution in [0.2, 0.25) is 0 Å². The van der Waals surface area contributed by atoms with E-state index in [2.05, 4.69) is 9.36 Å². The number of alkyl halides is 3. The molecule has 1 aromatic heterocycles. The van der Waals surface area contributed by atoms with Crippen molar-refractivity contribution in [2.45, 2.75) is 47.2 Å². The third-order valence-electron chi connectivity index (χ3n) is 4.39. The number of aromatic nitrogens is 2. The van der Waals surface area contributed by atoms with Crippen LogP contribution in [0.25, 0.3) is 11.4 Å². The maximum Gasteiger partial charge on any atom is 0.419 e. The number of carboxylic acid groups (broad SMARTS) is 1. The van der Waals surface area contributed by atoms with E-state index in [1.807, 2.05) is 25.1 Å². The fraction of sp³-hybridized carbons (Fsp3) is 0.286. The molecule has 0 spiro atoms. The van der Waals surface area contributed by atoms with Gasteiger partial charge in [0.15, 0.2) is 5.82 Å². The highest BCUT2D eigenvalue weighted by Gasteiger charge is 2.34. The van der Waals surface area contributed by atoms with E-state index < -0.39 is 28.3 Å². The van der Waals surface area contributed by atoms with Crippen LogP contribution in [0.3, 0.4) is 0 Å². The largest absolute Gasteiger partial charge is 0.480 e. The molecule has 0 saturated heterocycles. The molecular formula is C21H18F4N2O2S3. The number of aliphatic carboxylic acids is 1. The van der Waals surface area contributed by atoms with E-state index in [0.29, 0.717) is 16.8 Å². The van der Waals surface area contributed by atoms with Gasteiger partial charge in [-0.3, -0.25) is 4.79 Å². The first kappa shape index (κ1) is 24.5. The minimum absolute atomic E-state index is 0.178. The minimum atomic E-state index is -4.75. The van der Waals surface area contributed by atoms with E-state index in [4.69, 9.17) is 0 Å². The molecule has 0 bridgehead atoms. The third kappa shape index (κ3) is 5.81. The van der Waals surface area contributed by atoms with Gasteiger partial charge in [0.2, 0.25) is 0 Å². The summed E-state index contributed by atoms with van der Waals surface area (Å²) in [4.78, 5) is 17.5. The average Bonchev–Trinajstić information content (AvgIpc) is 3.16. The molecule has 32 heavy (non-hydrogen) atoms. The maximum atomic E-state index is 13.8. The van der Waals surface area contributed by atoms with Crippen molar-refractivity contribution in [3.05, 3.63) is 58.3 Å². The Balaban J connectivity index is 1.67.